The van der Waals surface area contributed by atoms with Crippen LogP contribution in [-0.4, -0.2) is 64.5 Å². The lowest BCUT2D eigenvalue weighted by Gasteiger charge is -2.43. The molecule has 126 valence electrons. The van der Waals surface area contributed by atoms with Gasteiger partial charge < -0.3 is 14.6 Å². The van der Waals surface area contributed by atoms with Crippen molar-refractivity contribution in [2.75, 3.05) is 39.8 Å². The SMILES string of the molecule is Cc1ccc2nc(CNCC(C)(C)N3CCN(C)CC3)cn2c1. The number of aryl methyl sites for hydroxylation is 1. The molecule has 3 heterocycles. The second-order valence-electron chi connectivity index (χ2n) is 7.41. The second kappa shape index (κ2) is 6.59. The standard InChI is InChI=1S/C18H29N5/c1-15-5-6-17-20-16(13-22(17)12-15)11-19-14-18(2,3)23-9-7-21(4)8-10-23/h5-6,12-13,19H,7-11,14H2,1-4H3. The molecule has 23 heavy (non-hydrogen) atoms. The molecule has 3 rings (SSSR count). The predicted molar refractivity (Wildman–Crippen MR) is 94.8 cm³/mol. The number of nitrogens with zero attached hydrogens (tertiary/aromatic N) is 4. The fourth-order valence-corrected chi connectivity index (χ4v) is 3.26. The molecule has 0 radical (unpaired) electrons. The number of nitrogens with one attached hydrogen (secondary N) is 1. The minimum Gasteiger partial charge on any atom is -0.309 e. The van der Waals surface area contributed by atoms with E-state index in [1.807, 2.05) is 0 Å². The van der Waals surface area contributed by atoms with Crippen LogP contribution in [0.5, 0.6) is 0 Å². The molecule has 1 N–H and O–H groups in total. The van der Waals surface area contributed by atoms with E-state index in [0.29, 0.717) is 0 Å². The zero-order valence-electron chi connectivity index (χ0n) is 14.8. The van der Waals surface area contributed by atoms with Gasteiger partial charge >= 0.3 is 0 Å². The number of pyridine rings is 1. The normalized spacial score (nSPS) is 17.9. The minimum absolute atomic E-state index is 0.178. The Labute approximate surface area is 139 Å². The number of likely N-dealkylation sites (N-methyl/N-ethyl adjacent to an activating group) is 1. The molecule has 1 aliphatic rings. The molecule has 1 saturated heterocycles. The quantitative estimate of drug-likeness (QED) is 0.912. The molecule has 1 aliphatic heterocycles. The van der Waals surface area contributed by atoms with Crippen molar-refractivity contribution in [2.24, 2.45) is 0 Å². The van der Waals surface area contributed by atoms with Gasteiger partial charge in [0.25, 0.3) is 0 Å². The van der Waals surface area contributed by atoms with Crippen molar-refractivity contribution in [1.82, 2.24) is 24.5 Å². The molecule has 0 aliphatic carbocycles. The highest BCUT2D eigenvalue weighted by molar-refractivity contribution is 5.41. The lowest BCUT2D eigenvalue weighted by Crippen LogP contribution is -2.57. The zero-order chi connectivity index (χ0) is 16.4. The molecular formula is C18H29N5. The summed E-state index contributed by atoms with van der Waals surface area (Å²) in [6, 6.07) is 4.18. The van der Waals surface area contributed by atoms with Crippen LogP contribution in [0.1, 0.15) is 25.1 Å². The van der Waals surface area contributed by atoms with Crippen LogP contribution in [-0.2, 0) is 6.54 Å². The van der Waals surface area contributed by atoms with Crippen LogP contribution in [0.2, 0.25) is 0 Å². The number of hydrogen-bond donors (Lipinski definition) is 1. The molecule has 5 nitrogen and oxygen atoms in total. The molecule has 0 atom stereocenters. The first-order valence-corrected chi connectivity index (χ1v) is 8.53. The summed E-state index contributed by atoms with van der Waals surface area (Å²) in [5, 5.41) is 3.59. The van der Waals surface area contributed by atoms with Gasteiger partial charge in [0.1, 0.15) is 5.65 Å². The third-order valence-electron chi connectivity index (χ3n) is 4.87. The number of piperazine rings is 1. The summed E-state index contributed by atoms with van der Waals surface area (Å²) in [5.41, 5.74) is 3.55. The molecule has 1 fully saturated rings. The van der Waals surface area contributed by atoms with Gasteiger partial charge in [-0.05, 0) is 39.4 Å². The number of imidazole rings is 1. The van der Waals surface area contributed by atoms with Crippen molar-refractivity contribution in [3.05, 3.63) is 35.8 Å². The summed E-state index contributed by atoms with van der Waals surface area (Å²) < 4.78 is 2.11. The fraction of sp³-hybridized carbons (Fsp3) is 0.611. The summed E-state index contributed by atoms with van der Waals surface area (Å²) in [5.74, 6) is 0. The van der Waals surface area contributed by atoms with Gasteiger partial charge in [-0.25, -0.2) is 4.98 Å². The summed E-state index contributed by atoms with van der Waals surface area (Å²) in [4.78, 5) is 9.67. The maximum absolute atomic E-state index is 4.68. The van der Waals surface area contributed by atoms with E-state index in [1.54, 1.807) is 0 Å². The summed E-state index contributed by atoms with van der Waals surface area (Å²) in [7, 11) is 2.20. The van der Waals surface area contributed by atoms with E-state index in [2.05, 4.69) is 76.8 Å². The predicted octanol–water partition coefficient (Wildman–Crippen LogP) is 1.76. The molecule has 0 aromatic carbocycles. The van der Waals surface area contributed by atoms with Crippen LogP contribution in [0.3, 0.4) is 0 Å². The van der Waals surface area contributed by atoms with Crippen LogP contribution in [0, 0.1) is 6.92 Å². The van der Waals surface area contributed by atoms with Crippen molar-refractivity contribution in [3.8, 4) is 0 Å². The Kier molecular flexibility index (Phi) is 4.71. The largest absolute Gasteiger partial charge is 0.309 e. The van der Waals surface area contributed by atoms with Crippen LogP contribution >= 0.6 is 0 Å². The first-order chi connectivity index (χ1) is 10.9. The highest BCUT2D eigenvalue weighted by Crippen LogP contribution is 2.16. The van der Waals surface area contributed by atoms with Gasteiger partial charge in [0, 0.05) is 57.2 Å². The molecule has 0 bridgehead atoms. The molecule has 0 saturated carbocycles. The highest BCUT2D eigenvalue weighted by atomic mass is 15.3. The number of rotatable bonds is 5. The maximum atomic E-state index is 4.68. The van der Waals surface area contributed by atoms with E-state index in [-0.39, 0.29) is 5.54 Å². The summed E-state index contributed by atoms with van der Waals surface area (Å²) in [6.45, 7) is 13.2. The number of aromatic nitrogens is 2. The third kappa shape index (κ3) is 3.91. The molecule has 2 aromatic rings. The molecular weight excluding hydrogens is 286 g/mol. The summed E-state index contributed by atoms with van der Waals surface area (Å²) >= 11 is 0. The van der Waals surface area contributed by atoms with E-state index >= 15 is 0 Å². The number of hydrogen-bond acceptors (Lipinski definition) is 4. The van der Waals surface area contributed by atoms with Gasteiger partial charge in [-0.3, -0.25) is 4.90 Å². The van der Waals surface area contributed by atoms with Crippen molar-refractivity contribution < 1.29 is 0 Å². The fourth-order valence-electron chi connectivity index (χ4n) is 3.26. The number of fused-ring (bicyclic) bond motifs is 1. The molecule has 5 heteroatoms. The van der Waals surface area contributed by atoms with Gasteiger partial charge in [0.2, 0.25) is 0 Å². The molecule has 0 amide bonds. The topological polar surface area (TPSA) is 35.8 Å². The minimum atomic E-state index is 0.178. The van der Waals surface area contributed by atoms with Crippen LogP contribution < -0.4 is 5.32 Å². The average Bonchev–Trinajstić information content (AvgIpc) is 2.89. The maximum Gasteiger partial charge on any atom is 0.137 e. The Morgan fingerprint density at radius 2 is 1.87 bits per heavy atom. The third-order valence-corrected chi connectivity index (χ3v) is 4.87. The Bertz CT molecular complexity index is 652. The van der Waals surface area contributed by atoms with Crippen LogP contribution in [0.15, 0.2) is 24.5 Å². The van der Waals surface area contributed by atoms with Gasteiger partial charge in [-0.15, -0.1) is 0 Å². The lowest BCUT2D eigenvalue weighted by molar-refractivity contribution is 0.0617. The Balaban J connectivity index is 1.55. The molecule has 0 spiro atoms. The van der Waals surface area contributed by atoms with E-state index < -0.39 is 0 Å². The first kappa shape index (κ1) is 16.4. The van der Waals surface area contributed by atoms with Crippen LogP contribution in [0.4, 0.5) is 0 Å². The van der Waals surface area contributed by atoms with Gasteiger partial charge in [-0.2, -0.15) is 0 Å². The zero-order valence-corrected chi connectivity index (χ0v) is 14.8. The van der Waals surface area contributed by atoms with E-state index in [9.17, 15) is 0 Å². The van der Waals surface area contributed by atoms with Gasteiger partial charge in [0.15, 0.2) is 0 Å². The second-order valence-corrected chi connectivity index (χ2v) is 7.41. The Morgan fingerprint density at radius 1 is 1.13 bits per heavy atom. The van der Waals surface area contributed by atoms with Crippen molar-refractivity contribution >= 4 is 5.65 Å². The van der Waals surface area contributed by atoms with Crippen molar-refractivity contribution in [1.29, 1.82) is 0 Å². The smallest absolute Gasteiger partial charge is 0.137 e. The monoisotopic (exact) mass is 315 g/mol. The molecule has 2 aromatic heterocycles. The van der Waals surface area contributed by atoms with Gasteiger partial charge in [0.05, 0.1) is 5.69 Å². The van der Waals surface area contributed by atoms with E-state index in [0.717, 1.165) is 50.6 Å². The van der Waals surface area contributed by atoms with E-state index in [1.165, 1.54) is 5.56 Å². The van der Waals surface area contributed by atoms with Crippen molar-refractivity contribution in [2.45, 2.75) is 32.9 Å². The van der Waals surface area contributed by atoms with Gasteiger partial charge in [-0.1, -0.05) is 6.07 Å². The lowest BCUT2D eigenvalue weighted by atomic mass is 10.0. The Hall–Kier alpha value is -1.43. The molecule has 0 unspecified atom stereocenters. The van der Waals surface area contributed by atoms with E-state index in [4.69, 9.17) is 0 Å². The summed E-state index contributed by atoms with van der Waals surface area (Å²) in [6.07, 6.45) is 4.25. The highest BCUT2D eigenvalue weighted by Gasteiger charge is 2.28. The first-order valence-electron chi connectivity index (χ1n) is 8.53. The Morgan fingerprint density at radius 3 is 2.61 bits per heavy atom. The average molecular weight is 315 g/mol. The van der Waals surface area contributed by atoms with Crippen molar-refractivity contribution in [3.63, 3.8) is 0 Å². The van der Waals surface area contributed by atoms with Crippen LogP contribution in [0.25, 0.3) is 5.65 Å².